The zero-order valence-electron chi connectivity index (χ0n) is 20.5. The Hall–Kier alpha value is -2.98. The maximum atomic E-state index is 13.1. The SMILES string of the molecule is CC[C@@H](CCc1cc2ccc(C(=N)N)cc2n1CC)C(=N)C(=O)[C@H](CC)C(=N)C(=O)CCS(=O)O. The summed E-state index contributed by atoms with van der Waals surface area (Å²) in [6, 6.07) is 7.73. The molecule has 35 heavy (non-hydrogen) atoms. The zero-order valence-corrected chi connectivity index (χ0v) is 21.3. The fourth-order valence-corrected chi connectivity index (χ4v) is 4.71. The van der Waals surface area contributed by atoms with Crippen molar-refractivity contribution in [1.29, 1.82) is 16.2 Å². The second-order valence-corrected chi connectivity index (χ2v) is 9.61. The number of aromatic nitrogens is 1. The van der Waals surface area contributed by atoms with Crippen LogP contribution in [0.15, 0.2) is 24.3 Å². The summed E-state index contributed by atoms with van der Waals surface area (Å²) >= 11 is -2.14. The highest BCUT2D eigenvalue weighted by molar-refractivity contribution is 7.79. The Bertz CT molecular complexity index is 1170. The fourth-order valence-electron chi connectivity index (χ4n) is 4.35. The predicted octanol–water partition coefficient (Wildman–Crippen LogP) is 3.72. The van der Waals surface area contributed by atoms with Crippen molar-refractivity contribution in [3.63, 3.8) is 0 Å². The molecule has 190 valence electrons. The van der Waals surface area contributed by atoms with Gasteiger partial charge < -0.3 is 25.7 Å². The van der Waals surface area contributed by atoms with Crippen LogP contribution in [-0.4, -0.2) is 47.9 Å². The van der Waals surface area contributed by atoms with Crippen molar-refractivity contribution in [1.82, 2.24) is 4.57 Å². The molecule has 6 N–H and O–H groups in total. The maximum Gasteiger partial charge on any atom is 0.185 e. The fraction of sp³-hybridized carbons (Fsp3) is 0.480. The highest BCUT2D eigenvalue weighted by atomic mass is 32.2. The molecule has 1 aromatic carbocycles. The summed E-state index contributed by atoms with van der Waals surface area (Å²) in [5.74, 6) is -2.76. The topological polar surface area (TPSA) is 174 Å². The summed E-state index contributed by atoms with van der Waals surface area (Å²) in [7, 11) is 0. The van der Waals surface area contributed by atoms with Crippen molar-refractivity contribution < 1.29 is 18.4 Å². The molecule has 2 rings (SSSR count). The van der Waals surface area contributed by atoms with Crippen LogP contribution in [0.1, 0.15) is 57.7 Å². The van der Waals surface area contributed by atoms with Gasteiger partial charge in [-0.1, -0.05) is 26.0 Å². The molecule has 10 heteroatoms. The number of carbonyl (C=O) groups is 2. The third-order valence-electron chi connectivity index (χ3n) is 6.41. The van der Waals surface area contributed by atoms with Crippen LogP contribution in [0.4, 0.5) is 0 Å². The van der Waals surface area contributed by atoms with E-state index < -0.39 is 34.3 Å². The summed E-state index contributed by atoms with van der Waals surface area (Å²) < 4.78 is 21.9. The van der Waals surface area contributed by atoms with Crippen LogP contribution in [0.2, 0.25) is 0 Å². The molecule has 9 nitrogen and oxygen atoms in total. The Balaban J connectivity index is 2.17. The standard InChI is InChI=1S/C25H35N5O4S/c1-4-15(22(26)24(32)19(5-2)23(27)21(31)11-12-35(33)34)9-10-18-13-16-7-8-17(25(28)29)14-20(16)30(18)6-3/h7-8,13-15,19,26-27H,4-6,9-12H2,1-3H3,(H3,28,29)(H,33,34)/t15-,19+/m0/s1. The number of ketones is 2. The van der Waals surface area contributed by atoms with Crippen LogP contribution in [-0.2, 0) is 33.6 Å². The highest BCUT2D eigenvalue weighted by Crippen LogP contribution is 2.25. The average Bonchev–Trinajstić information content (AvgIpc) is 3.19. The lowest BCUT2D eigenvalue weighted by Crippen LogP contribution is -2.36. The van der Waals surface area contributed by atoms with Crippen LogP contribution in [0.3, 0.4) is 0 Å². The lowest BCUT2D eigenvalue weighted by molar-refractivity contribution is -0.117. The van der Waals surface area contributed by atoms with E-state index in [2.05, 4.69) is 10.6 Å². The van der Waals surface area contributed by atoms with Crippen molar-refractivity contribution in [2.75, 3.05) is 5.75 Å². The van der Waals surface area contributed by atoms with Crippen LogP contribution >= 0.6 is 0 Å². The van der Waals surface area contributed by atoms with Gasteiger partial charge >= 0.3 is 0 Å². The van der Waals surface area contributed by atoms with Crippen molar-refractivity contribution in [3.8, 4) is 0 Å². The number of nitrogens with two attached hydrogens (primary N) is 1. The van der Waals surface area contributed by atoms with Gasteiger partial charge in [0, 0.05) is 35.7 Å². The molecule has 2 aromatic rings. The Kier molecular flexibility index (Phi) is 10.2. The van der Waals surface area contributed by atoms with E-state index in [1.807, 2.05) is 32.0 Å². The van der Waals surface area contributed by atoms with E-state index in [1.54, 1.807) is 6.92 Å². The Morgan fingerprint density at radius 3 is 2.31 bits per heavy atom. The van der Waals surface area contributed by atoms with Gasteiger partial charge in [0.2, 0.25) is 0 Å². The van der Waals surface area contributed by atoms with Crippen LogP contribution in [0.5, 0.6) is 0 Å². The summed E-state index contributed by atoms with van der Waals surface area (Å²) in [5, 5.41) is 25.4. The molecule has 0 saturated heterocycles. The minimum Gasteiger partial charge on any atom is -0.384 e. The van der Waals surface area contributed by atoms with Gasteiger partial charge in [-0.2, -0.15) is 0 Å². The molecule has 3 atom stereocenters. The van der Waals surface area contributed by atoms with E-state index in [4.69, 9.17) is 26.5 Å². The van der Waals surface area contributed by atoms with E-state index in [0.717, 1.165) is 23.1 Å². The smallest absolute Gasteiger partial charge is 0.185 e. The number of aryl methyl sites for hydroxylation is 2. The van der Waals surface area contributed by atoms with Crippen LogP contribution < -0.4 is 5.73 Å². The van der Waals surface area contributed by atoms with E-state index in [1.165, 1.54) is 0 Å². The molecule has 1 aromatic heterocycles. The first kappa shape index (κ1) is 28.3. The van der Waals surface area contributed by atoms with Gasteiger partial charge in [0.05, 0.1) is 23.1 Å². The molecule has 0 fully saturated rings. The molecule has 0 spiro atoms. The second-order valence-electron chi connectivity index (χ2n) is 8.56. The second kappa shape index (κ2) is 12.6. The minimum atomic E-state index is -2.14. The van der Waals surface area contributed by atoms with Gasteiger partial charge in [-0.05, 0) is 50.1 Å². The molecule has 1 unspecified atom stereocenters. The van der Waals surface area contributed by atoms with Gasteiger partial charge in [-0.15, -0.1) is 0 Å². The van der Waals surface area contributed by atoms with Crippen molar-refractivity contribution in [3.05, 3.63) is 35.5 Å². The minimum absolute atomic E-state index is 0.00876. The van der Waals surface area contributed by atoms with E-state index in [-0.39, 0.29) is 36.1 Å². The molecule has 0 aliphatic carbocycles. The largest absolute Gasteiger partial charge is 0.384 e. The highest BCUT2D eigenvalue weighted by Gasteiger charge is 2.31. The zero-order chi connectivity index (χ0) is 26.3. The van der Waals surface area contributed by atoms with Crippen molar-refractivity contribution >= 4 is 50.8 Å². The Morgan fingerprint density at radius 2 is 1.77 bits per heavy atom. The van der Waals surface area contributed by atoms with Crippen LogP contribution in [0.25, 0.3) is 10.9 Å². The van der Waals surface area contributed by atoms with E-state index >= 15 is 0 Å². The first-order valence-electron chi connectivity index (χ1n) is 11.8. The first-order chi connectivity index (χ1) is 16.5. The molecular weight excluding hydrogens is 466 g/mol. The number of nitrogens with zero attached hydrogens (tertiary/aromatic N) is 1. The summed E-state index contributed by atoms with van der Waals surface area (Å²) in [6.45, 7) is 6.36. The third-order valence-corrected chi connectivity index (χ3v) is 6.96. The van der Waals surface area contributed by atoms with Crippen LogP contribution in [0, 0.1) is 28.1 Å². The van der Waals surface area contributed by atoms with Gasteiger partial charge in [0.1, 0.15) is 5.84 Å². The number of benzene rings is 1. The maximum absolute atomic E-state index is 13.1. The number of rotatable bonds is 15. The number of nitrogen functional groups attached to an aromatic ring is 1. The summed E-state index contributed by atoms with van der Waals surface area (Å²) in [4.78, 5) is 25.3. The third kappa shape index (κ3) is 6.79. The van der Waals surface area contributed by atoms with Crippen molar-refractivity contribution in [2.24, 2.45) is 17.6 Å². The summed E-state index contributed by atoms with van der Waals surface area (Å²) in [6.07, 6.45) is 1.72. The molecule has 1 heterocycles. The number of nitrogens with one attached hydrogen (secondary N) is 3. The molecule has 0 radical (unpaired) electrons. The Labute approximate surface area is 208 Å². The summed E-state index contributed by atoms with van der Waals surface area (Å²) in [5.41, 5.74) is 7.87. The lowest BCUT2D eigenvalue weighted by atomic mass is 9.83. The molecule has 0 aliphatic rings. The van der Waals surface area contributed by atoms with Crippen molar-refractivity contribution in [2.45, 2.75) is 59.4 Å². The monoisotopic (exact) mass is 501 g/mol. The van der Waals surface area contributed by atoms with E-state index in [0.29, 0.717) is 24.8 Å². The predicted molar refractivity (Wildman–Crippen MR) is 140 cm³/mol. The normalized spacial score (nSPS) is 13.8. The number of carbonyl (C=O) groups excluding carboxylic acids is 2. The molecule has 0 amide bonds. The quantitative estimate of drug-likeness (QED) is 0.142. The molecule has 0 bridgehead atoms. The van der Waals surface area contributed by atoms with Gasteiger partial charge in [0.15, 0.2) is 22.6 Å². The number of fused-ring (bicyclic) bond motifs is 1. The molecule has 0 saturated carbocycles. The van der Waals surface area contributed by atoms with Gasteiger partial charge in [-0.3, -0.25) is 15.0 Å². The molecular formula is C25H35N5O4S. The lowest BCUT2D eigenvalue weighted by Gasteiger charge is -2.20. The van der Waals surface area contributed by atoms with Gasteiger partial charge in [-0.25, -0.2) is 4.21 Å². The number of amidine groups is 1. The van der Waals surface area contributed by atoms with Gasteiger partial charge in [0.25, 0.3) is 0 Å². The first-order valence-corrected chi connectivity index (χ1v) is 13.1. The van der Waals surface area contributed by atoms with E-state index in [9.17, 15) is 13.8 Å². The number of Topliss-reactive ketones (excluding diaryl/α,β-unsaturated/α-hetero) is 2. The average molecular weight is 502 g/mol. The number of hydrogen-bond acceptors (Lipinski definition) is 6. The molecule has 0 aliphatic heterocycles. The Morgan fingerprint density at radius 1 is 1.09 bits per heavy atom. The number of hydrogen-bond donors (Lipinski definition) is 5.